The summed E-state index contributed by atoms with van der Waals surface area (Å²) in [6, 6.07) is 22.3. The molecule has 7 heteroatoms. The zero-order valence-corrected chi connectivity index (χ0v) is 18.3. The van der Waals surface area contributed by atoms with Crippen LogP contribution in [0.15, 0.2) is 89.9 Å². The zero-order chi connectivity index (χ0) is 23.9. The van der Waals surface area contributed by atoms with E-state index in [1.807, 2.05) is 59.2 Å². The first-order valence-corrected chi connectivity index (χ1v) is 10.8. The van der Waals surface area contributed by atoms with Crippen molar-refractivity contribution in [2.75, 3.05) is 0 Å². The third-order valence-electron chi connectivity index (χ3n) is 5.94. The second kappa shape index (κ2) is 8.41. The van der Waals surface area contributed by atoms with E-state index in [2.05, 4.69) is 0 Å². The summed E-state index contributed by atoms with van der Waals surface area (Å²) in [7, 11) is 1.68. The van der Waals surface area contributed by atoms with Crippen molar-refractivity contribution in [3.05, 3.63) is 112 Å². The molecule has 172 valence electrons. The van der Waals surface area contributed by atoms with E-state index in [1.165, 1.54) is 16.7 Å². The summed E-state index contributed by atoms with van der Waals surface area (Å²) in [6.45, 7) is 0.621. The number of pyridine rings is 1. The van der Waals surface area contributed by atoms with Crippen LogP contribution >= 0.6 is 0 Å². The first-order chi connectivity index (χ1) is 16.3. The smallest absolute Gasteiger partial charge is 0.416 e. The predicted octanol–water partition coefficient (Wildman–Crippen LogP) is 6.14. The van der Waals surface area contributed by atoms with Crippen LogP contribution in [0.5, 0.6) is 5.75 Å². The Morgan fingerprint density at radius 2 is 1.59 bits per heavy atom. The molecule has 0 aliphatic heterocycles. The first kappa shape index (κ1) is 21.8. The van der Waals surface area contributed by atoms with Gasteiger partial charge in [0.2, 0.25) is 0 Å². The van der Waals surface area contributed by atoms with Crippen LogP contribution in [0.1, 0.15) is 16.7 Å². The number of aryl methyl sites for hydroxylation is 1. The Hall–Kier alpha value is -4.00. The molecule has 3 aromatic carbocycles. The van der Waals surface area contributed by atoms with Gasteiger partial charge in [-0.1, -0.05) is 48.5 Å². The van der Waals surface area contributed by atoms with Gasteiger partial charge in [0.05, 0.1) is 11.1 Å². The molecule has 2 heterocycles. The Kier molecular flexibility index (Phi) is 5.40. The van der Waals surface area contributed by atoms with Crippen molar-refractivity contribution < 1.29 is 17.9 Å². The van der Waals surface area contributed by atoms with Crippen LogP contribution in [0.4, 0.5) is 13.2 Å². The van der Waals surface area contributed by atoms with Gasteiger partial charge in [-0.3, -0.25) is 4.79 Å². The van der Waals surface area contributed by atoms with E-state index in [9.17, 15) is 18.0 Å². The summed E-state index contributed by atoms with van der Waals surface area (Å²) >= 11 is 0. The molecule has 0 radical (unpaired) electrons. The van der Waals surface area contributed by atoms with Crippen LogP contribution < -0.4 is 10.3 Å². The molecule has 0 N–H and O–H groups in total. The molecule has 0 aliphatic rings. The van der Waals surface area contributed by atoms with Crippen LogP contribution in [0.2, 0.25) is 0 Å². The maximum Gasteiger partial charge on any atom is 0.416 e. The molecule has 0 bridgehead atoms. The minimum Gasteiger partial charge on any atom is -0.488 e. The predicted molar refractivity (Wildman–Crippen MR) is 126 cm³/mol. The van der Waals surface area contributed by atoms with Crippen molar-refractivity contribution in [3.8, 4) is 5.75 Å². The number of hydrogen-bond acceptors (Lipinski definition) is 2. The summed E-state index contributed by atoms with van der Waals surface area (Å²) in [4.78, 5) is 13.1. The Bertz CT molecular complexity index is 1530. The molecule has 0 aliphatic carbocycles. The Morgan fingerprint density at radius 1 is 0.853 bits per heavy atom. The average Bonchev–Trinajstić information content (AvgIpc) is 3.15. The van der Waals surface area contributed by atoms with Gasteiger partial charge in [0, 0.05) is 30.6 Å². The van der Waals surface area contributed by atoms with Gasteiger partial charge in [0.1, 0.15) is 17.9 Å². The minimum atomic E-state index is -4.40. The third-order valence-corrected chi connectivity index (χ3v) is 5.94. The highest BCUT2D eigenvalue weighted by molar-refractivity contribution is 6.11. The molecule has 0 spiro atoms. The Balaban J connectivity index is 1.63. The van der Waals surface area contributed by atoms with Crippen molar-refractivity contribution >= 4 is 21.8 Å². The molecule has 34 heavy (non-hydrogen) atoms. The summed E-state index contributed by atoms with van der Waals surface area (Å²) in [6.07, 6.45) is -2.69. The maximum absolute atomic E-state index is 13.1. The number of alkyl halides is 3. The van der Waals surface area contributed by atoms with Gasteiger partial charge in [-0.2, -0.15) is 13.2 Å². The number of aromatic nitrogens is 2. The lowest BCUT2D eigenvalue weighted by Gasteiger charge is -2.11. The maximum atomic E-state index is 13.1. The number of rotatable bonds is 5. The van der Waals surface area contributed by atoms with Gasteiger partial charge in [0.25, 0.3) is 5.56 Å². The van der Waals surface area contributed by atoms with E-state index in [-0.39, 0.29) is 12.1 Å². The van der Waals surface area contributed by atoms with Gasteiger partial charge in [0.15, 0.2) is 0 Å². The fraction of sp³-hybridized carbons (Fsp3) is 0.148. The van der Waals surface area contributed by atoms with Crippen LogP contribution in [0, 0.1) is 0 Å². The molecule has 2 aromatic heterocycles. The Labute approximate surface area is 193 Å². The standard InChI is InChI=1S/C27H21F3N2O2/c1-31-15-14-21-24-22(8-5-9-23(24)34-17-19-6-3-2-4-7-19)32(25(21)26(31)33)16-18-10-12-20(13-11-18)27(28,29)30/h2-15H,16-17H2,1H3. The lowest BCUT2D eigenvalue weighted by molar-refractivity contribution is -0.137. The highest BCUT2D eigenvalue weighted by atomic mass is 19.4. The molecule has 0 amide bonds. The number of hydrogen-bond donors (Lipinski definition) is 0. The number of nitrogens with zero attached hydrogens (tertiary/aromatic N) is 2. The monoisotopic (exact) mass is 462 g/mol. The van der Waals surface area contributed by atoms with Crippen molar-refractivity contribution in [2.45, 2.75) is 19.3 Å². The Morgan fingerprint density at radius 3 is 2.29 bits per heavy atom. The van der Waals surface area contributed by atoms with E-state index in [4.69, 9.17) is 4.74 Å². The minimum absolute atomic E-state index is 0.186. The highest BCUT2D eigenvalue weighted by Gasteiger charge is 2.30. The lowest BCUT2D eigenvalue weighted by atomic mass is 10.1. The van der Waals surface area contributed by atoms with Gasteiger partial charge in [-0.05, 0) is 41.5 Å². The van der Waals surface area contributed by atoms with Gasteiger partial charge >= 0.3 is 6.18 Å². The molecule has 5 aromatic rings. The average molecular weight is 462 g/mol. The van der Waals surface area contributed by atoms with Gasteiger partial charge in [-0.15, -0.1) is 0 Å². The third kappa shape index (κ3) is 3.94. The lowest BCUT2D eigenvalue weighted by Crippen LogP contribution is -2.18. The molecular formula is C27H21F3N2O2. The fourth-order valence-corrected chi connectivity index (χ4v) is 4.21. The van der Waals surface area contributed by atoms with Gasteiger partial charge < -0.3 is 13.9 Å². The molecule has 0 fully saturated rings. The molecule has 0 unspecified atom stereocenters. The fourth-order valence-electron chi connectivity index (χ4n) is 4.21. The van der Waals surface area contributed by atoms with Gasteiger partial charge in [-0.25, -0.2) is 0 Å². The second-order valence-corrected chi connectivity index (χ2v) is 8.20. The normalized spacial score (nSPS) is 11.9. The number of fused-ring (bicyclic) bond motifs is 3. The summed E-state index contributed by atoms with van der Waals surface area (Å²) < 4.78 is 48.5. The molecule has 4 nitrogen and oxygen atoms in total. The van der Waals surface area contributed by atoms with E-state index in [0.717, 1.165) is 34.0 Å². The second-order valence-electron chi connectivity index (χ2n) is 8.20. The van der Waals surface area contributed by atoms with E-state index >= 15 is 0 Å². The zero-order valence-electron chi connectivity index (χ0n) is 18.3. The first-order valence-electron chi connectivity index (χ1n) is 10.8. The number of ether oxygens (including phenoxy) is 1. The molecular weight excluding hydrogens is 441 g/mol. The quantitative estimate of drug-likeness (QED) is 0.315. The number of halogens is 3. The SMILES string of the molecule is Cn1ccc2c3c(OCc4ccccc4)cccc3n(Cc3ccc(C(F)(F)F)cc3)c2c1=O. The summed E-state index contributed by atoms with van der Waals surface area (Å²) in [5, 5.41) is 1.55. The molecule has 5 rings (SSSR count). The van der Waals surface area contributed by atoms with E-state index in [1.54, 1.807) is 13.2 Å². The van der Waals surface area contributed by atoms with Crippen molar-refractivity contribution in [3.63, 3.8) is 0 Å². The molecule has 0 saturated carbocycles. The molecule has 0 saturated heterocycles. The van der Waals surface area contributed by atoms with Crippen molar-refractivity contribution in [2.24, 2.45) is 7.05 Å². The largest absolute Gasteiger partial charge is 0.488 e. The van der Waals surface area contributed by atoms with E-state index in [0.29, 0.717) is 23.4 Å². The van der Waals surface area contributed by atoms with Crippen LogP contribution in [0.3, 0.4) is 0 Å². The number of benzene rings is 3. The highest BCUT2D eigenvalue weighted by Crippen LogP contribution is 2.35. The van der Waals surface area contributed by atoms with E-state index < -0.39 is 11.7 Å². The summed E-state index contributed by atoms with van der Waals surface area (Å²) in [5.74, 6) is 0.644. The van der Waals surface area contributed by atoms with Crippen molar-refractivity contribution in [1.82, 2.24) is 9.13 Å². The summed E-state index contributed by atoms with van der Waals surface area (Å²) in [5.41, 5.74) is 2.05. The van der Waals surface area contributed by atoms with Crippen LogP contribution in [0.25, 0.3) is 21.8 Å². The van der Waals surface area contributed by atoms with Crippen molar-refractivity contribution in [1.29, 1.82) is 0 Å². The molecule has 0 atom stereocenters. The van der Waals surface area contributed by atoms with Crippen LogP contribution in [-0.4, -0.2) is 9.13 Å². The van der Waals surface area contributed by atoms with Crippen LogP contribution in [-0.2, 0) is 26.4 Å². The topological polar surface area (TPSA) is 36.2 Å².